The summed E-state index contributed by atoms with van der Waals surface area (Å²) in [5.41, 5.74) is 7.56. The summed E-state index contributed by atoms with van der Waals surface area (Å²) in [6.07, 6.45) is 5.58. The van der Waals surface area contributed by atoms with Crippen LogP contribution in [0.3, 0.4) is 0 Å². The molecule has 33 heavy (non-hydrogen) atoms. The molecule has 0 N–H and O–H groups in total. The summed E-state index contributed by atoms with van der Waals surface area (Å²) in [7, 11) is 2.14. The Morgan fingerprint density at radius 3 is 2.48 bits per heavy atom. The Balaban J connectivity index is 1.39. The molecule has 5 nitrogen and oxygen atoms in total. The zero-order valence-electron chi connectivity index (χ0n) is 19.1. The number of likely N-dealkylation sites (N-methyl/N-ethyl adjacent to an activating group) is 1. The quantitative estimate of drug-likeness (QED) is 0.583. The molecule has 0 saturated carbocycles. The lowest BCUT2D eigenvalue weighted by atomic mass is 9.88. The van der Waals surface area contributed by atoms with Crippen LogP contribution in [0.1, 0.15) is 35.2 Å². The lowest BCUT2D eigenvalue weighted by Gasteiger charge is -2.35. The number of nitrogens with zero attached hydrogens (tertiary/aromatic N) is 4. The lowest BCUT2D eigenvalue weighted by molar-refractivity contribution is -0.133. The number of carbonyl (C=O) groups excluding carboxylic acids is 1. The summed E-state index contributed by atoms with van der Waals surface area (Å²) >= 11 is 9.95. The molecule has 3 heterocycles. The van der Waals surface area contributed by atoms with Gasteiger partial charge in [0.1, 0.15) is 0 Å². The number of benzene rings is 1. The smallest absolute Gasteiger partial charge is 0.236 e. The van der Waals surface area contributed by atoms with E-state index in [0.717, 1.165) is 80.1 Å². The van der Waals surface area contributed by atoms with Crippen molar-refractivity contribution in [2.75, 3.05) is 52.9 Å². The van der Waals surface area contributed by atoms with Gasteiger partial charge in [-0.25, -0.2) is 0 Å². The van der Waals surface area contributed by atoms with Gasteiger partial charge in [-0.15, -0.1) is 0 Å². The highest BCUT2D eigenvalue weighted by Gasteiger charge is 2.27. The van der Waals surface area contributed by atoms with Crippen molar-refractivity contribution in [1.29, 1.82) is 0 Å². The first kappa shape index (κ1) is 23.0. The van der Waals surface area contributed by atoms with Gasteiger partial charge in [0.05, 0.1) is 12.2 Å². The van der Waals surface area contributed by atoms with Gasteiger partial charge in [-0.2, -0.15) is 0 Å². The Kier molecular flexibility index (Phi) is 6.89. The number of halogens is 2. The maximum absolute atomic E-state index is 13.0. The van der Waals surface area contributed by atoms with Gasteiger partial charge < -0.3 is 9.80 Å². The van der Waals surface area contributed by atoms with E-state index in [1.54, 1.807) is 0 Å². The van der Waals surface area contributed by atoms with Crippen LogP contribution >= 0.6 is 27.5 Å². The normalized spacial score (nSPS) is 19.8. The van der Waals surface area contributed by atoms with Crippen molar-refractivity contribution in [1.82, 2.24) is 19.7 Å². The lowest BCUT2D eigenvalue weighted by Crippen LogP contribution is -2.49. The van der Waals surface area contributed by atoms with Crippen LogP contribution in [-0.4, -0.2) is 78.5 Å². The second kappa shape index (κ2) is 9.87. The Morgan fingerprint density at radius 1 is 1.00 bits per heavy atom. The largest absolute Gasteiger partial charge is 0.341 e. The van der Waals surface area contributed by atoms with E-state index in [0.29, 0.717) is 6.54 Å². The van der Waals surface area contributed by atoms with Crippen LogP contribution in [0.25, 0.3) is 5.57 Å². The molecule has 2 aromatic rings. The van der Waals surface area contributed by atoms with Crippen LogP contribution < -0.4 is 0 Å². The van der Waals surface area contributed by atoms with E-state index >= 15 is 0 Å². The molecule has 0 spiro atoms. The third kappa shape index (κ3) is 5.04. The number of fused-ring (bicyclic) bond motifs is 2. The van der Waals surface area contributed by atoms with Gasteiger partial charge in [0, 0.05) is 60.5 Å². The number of piperazine rings is 1. The van der Waals surface area contributed by atoms with Crippen molar-refractivity contribution in [3.05, 3.63) is 67.9 Å². The van der Waals surface area contributed by atoms with Gasteiger partial charge in [-0.1, -0.05) is 23.2 Å². The van der Waals surface area contributed by atoms with Crippen molar-refractivity contribution in [3.8, 4) is 0 Å². The first-order chi connectivity index (χ1) is 16.0. The van der Waals surface area contributed by atoms with E-state index in [1.165, 1.54) is 27.8 Å². The first-order valence-electron chi connectivity index (χ1n) is 11.8. The molecule has 2 saturated heterocycles. The maximum Gasteiger partial charge on any atom is 0.236 e. The van der Waals surface area contributed by atoms with Crippen LogP contribution in [-0.2, 0) is 17.6 Å². The van der Waals surface area contributed by atoms with Gasteiger partial charge >= 0.3 is 0 Å². The van der Waals surface area contributed by atoms with Crippen molar-refractivity contribution in [2.45, 2.75) is 25.7 Å². The fourth-order valence-electron chi connectivity index (χ4n) is 5.24. The molecule has 2 aliphatic heterocycles. The van der Waals surface area contributed by atoms with Crippen LogP contribution in [0.2, 0.25) is 5.02 Å². The molecule has 1 aromatic carbocycles. The monoisotopic (exact) mass is 528 g/mol. The molecule has 5 rings (SSSR count). The number of rotatable bonds is 2. The van der Waals surface area contributed by atoms with Gasteiger partial charge in [-0.3, -0.25) is 14.7 Å². The number of amides is 1. The van der Waals surface area contributed by atoms with Gasteiger partial charge in [-0.05, 0) is 83.6 Å². The summed E-state index contributed by atoms with van der Waals surface area (Å²) in [4.78, 5) is 24.5. The molecule has 0 bridgehead atoms. The predicted octanol–water partition coefficient (Wildman–Crippen LogP) is 4.27. The molecule has 0 radical (unpaired) electrons. The number of carbonyl (C=O) groups is 1. The number of aryl methyl sites for hydroxylation is 2. The van der Waals surface area contributed by atoms with Crippen molar-refractivity contribution < 1.29 is 4.79 Å². The van der Waals surface area contributed by atoms with Crippen LogP contribution in [0.5, 0.6) is 0 Å². The van der Waals surface area contributed by atoms with E-state index in [1.807, 2.05) is 12.3 Å². The Bertz CT molecular complexity index is 1030. The summed E-state index contributed by atoms with van der Waals surface area (Å²) in [6.45, 7) is 6.12. The highest BCUT2D eigenvalue weighted by molar-refractivity contribution is 9.10. The summed E-state index contributed by atoms with van der Waals surface area (Å²) in [6, 6.07) is 8.45. The molecule has 1 aromatic heterocycles. The zero-order chi connectivity index (χ0) is 22.9. The van der Waals surface area contributed by atoms with Gasteiger partial charge in [0.15, 0.2) is 0 Å². The maximum atomic E-state index is 13.0. The Morgan fingerprint density at radius 2 is 1.73 bits per heavy atom. The standard InChI is InChI=1S/C26H30BrClN4O/c1-30-10-12-31(13-11-30)17-24(33)32-8-6-18(7-9-32)25-23-5-4-22(28)15-19(23)2-3-20-14-21(27)16-29-26(20)25/h4-5,14-16H,2-3,6-13,17H2,1H3. The highest BCUT2D eigenvalue weighted by Crippen LogP contribution is 2.39. The van der Waals surface area contributed by atoms with Gasteiger partial charge in [0.25, 0.3) is 0 Å². The molecule has 174 valence electrons. The molecule has 1 aliphatic carbocycles. The van der Waals surface area contributed by atoms with Crippen molar-refractivity contribution in [2.24, 2.45) is 0 Å². The highest BCUT2D eigenvalue weighted by atomic mass is 79.9. The summed E-state index contributed by atoms with van der Waals surface area (Å²) in [5, 5.41) is 0.780. The fourth-order valence-corrected chi connectivity index (χ4v) is 5.81. The van der Waals surface area contributed by atoms with Crippen LogP contribution in [0.4, 0.5) is 0 Å². The van der Waals surface area contributed by atoms with E-state index in [9.17, 15) is 4.79 Å². The number of hydrogen-bond acceptors (Lipinski definition) is 4. The summed E-state index contributed by atoms with van der Waals surface area (Å²) in [5.74, 6) is 0.263. The minimum Gasteiger partial charge on any atom is -0.341 e. The Hall–Kier alpha value is -1.73. The SMILES string of the molecule is CN1CCN(CC(=O)N2CCC(=C3c4ccc(Cl)cc4CCc4cc(Br)cnc43)CC2)CC1. The molecule has 3 aliphatic rings. The molecular formula is C26H30BrClN4O. The predicted molar refractivity (Wildman–Crippen MR) is 137 cm³/mol. The van der Waals surface area contributed by atoms with Gasteiger partial charge in [0.2, 0.25) is 5.91 Å². The first-order valence-corrected chi connectivity index (χ1v) is 13.0. The average Bonchev–Trinajstić information content (AvgIpc) is 2.97. The fraction of sp³-hybridized carbons (Fsp3) is 0.462. The molecule has 1 amide bonds. The van der Waals surface area contributed by atoms with Crippen molar-refractivity contribution >= 4 is 39.0 Å². The van der Waals surface area contributed by atoms with Crippen LogP contribution in [0, 0.1) is 0 Å². The molecule has 0 atom stereocenters. The summed E-state index contributed by atoms with van der Waals surface area (Å²) < 4.78 is 1.01. The second-order valence-corrected chi connectivity index (χ2v) is 10.8. The zero-order valence-corrected chi connectivity index (χ0v) is 21.5. The number of pyridine rings is 1. The topological polar surface area (TPSA) is 39.7 Å². The Labute approximate surface area is 209 Å². The number of piperidine rings is 1. The minimum atomic E-state index is 0.263. The van der Waals surface area contributed by atoms with Crippen molar-refractivity contribution in [3.63, 3.8) is 0 Å². The van der Waals surface area contributed by atoms with E-state index in [2.05, 4.69) is 55.9 Å². The average molecular weight is 530 g/mol. The van der Waals surface area contributed by atoms with Crippen LogP contribution in [0.15, 0.2) is 40.5 Å². The number of aromatic nitrogens is 1. The molecular weight excluding hydrogens is 500 g/mol. The minimum absolute atomic E-state index is 0.263. The third-order valence-corrected chi connectivity index (χ3v) is 7.87. The van der Waals surface area contributed by atoms with E-state index in [4.69, 9.17) is 16.6 Å². The van der Waals surface area contributed by atoms with E-state index in [-0.39, 0.29) is 5.91 Å². The molecule has 2 fully saturated rings. The molecule has 0 unspecified atom stereocenters. The number of likely N-dealkylation sites (tertiary alicyclic amines) is 1. The molecule has 7 heteroatoms. The number of hydrogen-bond donors (Lipinski definition) is 0. The second-order valence-electron chi connectivity index (χ2n) is 9.40. The third-order valence-electron chi connectivity index (χ3n) is 7.20. The van der Waals surface area contributed by atoms with E-state index < -0.39 is 0 Å².